The van der Waals surface area contributed by atoms with Gasteiger partial charge in [0.1, 0.15) is 23.9 Å². The number of benzene rings is 4. The number of fused-ring (bicyclic) bond motifs is 2. The Bertz CT molecular complexity index is 2180. The fourth-order valence-electron chi connectivity index (χ4n) is 6.31. The molecular formula is C40H40N6O6. The van der Waals surface area contributed by atoms with Crippen molar-refractivity contribution in [1.82, 2.24) is 25.9 Å². The number of phenolic OH excluding ortho intramolecular Hbond substituents is 1. The molecule has 52 heavy (non-hydrogen) atoms. The molecule has 0 fully saturated rings. The van der Waals surface area contributed by atoms with E-state index >= 15 is 0 Å². The Labute approximate surface area is 299 Å². The monoisotopic (exact) mass is 700 g/mol. The first-order valence-corrected chi connectivity index (χ1v) is 17.0. The van der Waals surface area contributed by atoms with Crippen LogP contribution in [0.5, 0.6) is 5.75 Å². The van der Waals surface area contributed by atoms with E-state index in [-0.39, 0.29) is 31.4 Å². The van der Waals surface area contributed by atoms with E-state index in [1.165, 1.54) is 12.1 Å². The van der Waals surface area contributed by atoms with Gasteiger partial charge in [-0.3, -0.25) is 14.4 Å². The van der Waals surface area contributed by atoms with E-state index in [1.54, 1.807) is 48.8 Å². The van der Waals surface area contributed by atoms with Gasteiger partial charge in [0.05, 0.1) is 6.04 Å². The Morgan fingerprint density at radius 1 is 0.558 bits per heavy atom. The van der Waals surface area contributed by atoms with Crippen molar-refractivity contribution >= 4 is 45.5 Å². The van der Waals surface area contributed by atoms with Crippen LogP contribution in [0.4, 0.5) is 0 Å². The largest absolute Gasteiger partial charge is 0.508 e. The van der Waals surface area contributed by atoms with Gasteiger partial charge in [0.15, 0.2) is 0 Å². The van der Waals surface area contributed by atoms with Crippen LogP contribution < -0.4 is 21.7 Å². The summed E-state index contributed by atoms with van der Waals surface area (Å²) in [7, 11) is 0. The van der Waals surface area contributed by atoms with Crippen LogP contribution in [-0.2, 0) is 44.9 Å². The van der Waals surface area contributed by atoms with Crippen LogP contribution in [0.25, 0.3) is 21.8 Å². The zero-order chi connectivity index (χ0) is 36.6. The van der Waals surface area contributed by atoms with Crippen molar-refractivity contribution in [3.05, 3.63) is 138 Å². The Morgan fingerprint density at radius 3 is 1.60 bits per heavy atom. The number of carbonyl (C=O) groups excluding carboxylic acids is 3. The molecule has 0 radical (unpaired) electrons. The molecule has 4 aromatic carbocycles. The third-order valence-electron chi connectivity index (χ3n) is 9.09. The first-order valence-electron chi connectivity index (χ1n) is 17.0. The lowest BCUT2D eigenvalue weighted by molar-refractivity contribution is -0.142. The maximum Gasteiger partial charge on any atom is 0.326 e. The normalized spacial score (nSPS) is 13.6. The van der Waals surface area contributed by atoms with Gasteiger partial charge >= 0.3 is 5.97 Å². The predicted octanol–water partition coefficient (Wildman–Crippen LogP) is 3.49. The van der Waals surface area contributed by atoms with Crippen molar-refractivity contribution in [2.75, 3.05) is 0 Å². The van der Waals surface area contributed by atoms with E-state index in [9.17, 15) is 29.4 Å². The Balaban J connectivity index is 1.24. The van der Waals surface area contributed by atoms with E-state index in [2.05, 4.69) is 25.9 Å². The highest BCUT2D eigenvalue weighted by molar-refractivity contribution is 5.95. The summed E-state index contributed by atoms with van der Waals surface area (Å²) in [6, 6.07) is 25.8. The summed E-state index contributed by atoms with van der Waals surface area (Å²) in [6.45, 7) is 0. The number of para-hydroxylation sites is 2. The minimum Gasteiger partial charge on any atom is -0.508 e. The maximum atomic E-state index is 14.2. The molecule has 3 amide bonds. The number of phenols is 1. The number of amides is 3. The molecule has 2 heterocycles. The van der Waals surface area contributed by atoms with Gasteiger partial charge in [-0.05, 0) is 52.9 Å². The second-order valence-corrected chi connectivity index (χ2v) is 12.8. The minimum atomic E-state index is -1.29. The fraction of sp³-hybridized carbons (Fsp3) is 0.200. The molecule has 6 aromatic rings. The molecule has 0 aliphatic heterocycles. The number of H-pyrrole nitrogens is 2. The summed E-state index contributed by atoms with van der Waals surface area (Å²) in [5, 5.41) is 29.8. The van der Waals surface area contributed by atoms with Crippen LogP contribution in [0.1, 0.15) is 22.3 Å². The number of nitrogens with one attached hydrogen (secondary N) is 5. The summed E-state index contributed by atoms with van der Waals surface area (Å²) < 4.78 is 0. The van der Waals surface area contributed by atoms with Crippen LogP contribution >= 0.6 is 0 Å². The van der Waals surface area contributed by atoms with Gasteiger partial charge < -0.3 is 41.9 Å². The lowest BCUT2D eigenvalue weighted by Crippen LogP contribution is -2.58. The highest BCUT2D eigenvalue weighted by Gasteiger charge is 2.31. The van der Waals surface area contributed by atoms with E-state index < -0.39 is 47.9 Å². The van der Waals surface area contributed by atoms with Gasteiger partial charge in [-0.25, -0.2) is 4.79 Å². The van der Waals surface area contributed by atoms with E-state index in [1.807, 2.05) is 54.6 Å². The van der Waals surface area contributed by atoms with Crippen LogP contribution in [0.15, 0.2) is 116 Å². The van der Waals surface area contributed by atoms with Crippen molar-refractivity contribution in [1.29, 1.82) is 0 Å². The molecule has 2 aromatic heterocycles. The summed E-state index contributed by atoms with van der Waals surface area (Å²) in [6.07, 6.45) is 3.79. The molecule has 6 rings (SSSR count). The minimum absolute atomic E-state index is 0.00918. The third kappa shape index (κ3) is 8.66. The summed E-state index contributed by atoms with van der Waals surface area (Å²) in [4.78, 5) is 60.3. The Kier molecular flexibility index (Phi) is 11.0. The topological polar surface area (TPSA) is 202 Å². The highest BCUT2D eigenvalue weighted by atomic mass is 16.4. The van der Waals surface area contributed by atoms with Crippen molar-refractivity contribution in [3.8, 4) is 5.75 Å². The van der Waals surface area contributed by atoms with E-state index in [0.717, 1.165) is 44.1 Å². The quantitative estimate of drug-likeness (QED) is 0.0801. The number of hydrogen-bond donors (Lipinski definition) is 8. The average molecular weight is 701 g/mol. The summed E-state index contributed by atoms with van der Waals surface area (Å²) >= 11 is 0. The summed E-state index contributed by atoms with van der Waals surface area (Å²) in [5.41, 5.74) is 10.9. The maximum absolute atomic E-state index is 14.2. The lowest BCUT2D eigenvalue weighted by Gasteiger charge is -2.25. The zero-order valence-corrected chi connectivity index (χ0v) is 28.2. The number of aromatic hydroxyl groups is 1. The van der Waals surface area contributed by atoms with Crippen molar-refractivity contribution in [2.45, 2.75) is 49.9 Å². The van der Waals surface area contributed by atoms with Gasteiger partial charge in [-0.2, -0.15) is 0 Å². The number of aromatic amines is 2. The highest BCUT2D eigenvalue weighted by Crippen LogP contribution is 2.21. The van der Waals surface area contributed by atoms with Gasteiger partial charge in [-0.15, -0.1) is 0 Å². The van der Waals surface area contributed by atoms with Gasteiger partial charge in [0.2, 0.25) is 17.7 Å². The smallest absolute Gasteiger partial charge is 0.326 e. The third-order valence-corrected chi connectivity index (χ3v) is 9.09. The molecule has 0 saturated carbocycles. The summed E-state index contributed by atoms with van der Waals surface area (Å²) in [5.74, 6) is -3.06. The predicted molar refractivity (Wildman–Crippen MR) is 197 cm³/mol. The van der Waals surface area contributed by atoms with E-state index in [0.29, 0.717) is 0 Å². The Morgan fingerprint density at radius 2 is 1.02 bits per heavy atom. The van der Waals surface area contributed by atoms with Crippen molar-refractivity contribution in [2.24, 2.45) is 5.73 Å². The number of carboxylic acids is 1. The standard InChI is InChI=1S/C40H40N6O6/c41-31(18-25-14-16-28(47)17-15-25)37(48)44-35(20-26-22-42-32-12-6-4-10-29(26)32)39(50)45-34(19-24-8-2-1-3-9-24)38(49)46-36(40(51)52)21-27-23-43-33-13-7-5-11-30(27)33/h1-17,22-23,31,34-36,42-43,47H,18-21,41H2,(H,44,48)(H,45,50)(H,46,49)(H,51,52). The molecule has 0 aliphatic rings. The fourth-order valence-corrected chi connectivity index (χ4v) is 6.31. The number of aromatic nitrogens is 2. The first-order chi connectivity index (χ1) is 25.1. The Hall–Kier alpha value is -6.40. The van der Waals surface area contributed by atoms with Gasteiger partial charge in [0.25, 0.3) is 0 Å². The molecular weight excluding hydrogens is 660 g/mol. The molecule has 0 spiro atoms. The van der Waals surface area contributed by atoms with Crippen molar-refractivity contribution in [3.63, 3.8) is 0 Å². The number of hydrogen-bond acceptors (Lipinski definition) is 6. The number of carboxylic acid groups (broad SMARTS) is 1. The molecule has 12 heteroatoms. The van der Waals surface area contributed by atoms with Crippen LogP contribution in [-0.4, -0.2) is 68.0 Å². The number of rotatable bonds is 15. The lowest BCUT2D eigenvalue weighted by atomic mass is 10.00. The second-order valence-electron chi connectivity index (χ2n) is 12.8. The molecule has 0 bridgehead atoms. The first kappa shape index (κ1) is 35.4. The SMILES string of the molecule is NC(Cc1ccc(O)cc1)C(=O)NC(Cc1c[nH]c2ccccc12)C(=O)NC(Cc1ccccc1)C(=O)NC(Cc1c[nH]c2ccccc12)C(=O)O. The van der Waals surface area contributed by atoms with Crippen LogP contribution in [0.2, 0.25) is 0 Å². The van der Waals surface area contributed by atoms with Gasteiger partial charge in [-0.1, -0.05) is 78.9 Å². The van der Waals surface area contributed by atoms with Crippen LogP contribution in [0.3, 0.4) is 0 Å². The van der Waals surface area contributed by atoms with Crippen LogP contribution in [0, 0.1) is 0 Å². The molecule has 12 nitrogen and oxygen atoms in total. The molecule has 0 aliphatic carbocycles. The molecule has 0 saturated heterocycles. The van der Waals surface area contributed by atoms with E-state index in [4.69, 9.17) is 5.73 Å². The average Bonchev–Trinajstić information content (AvgIpc) is 3.75. The molecule has 4 unspecified atom stereocenters. The molecule has 266 valence electrons. The zero-order valence-electron chi connectivity index (χ0n) is 28.2. The van der Waals surface area contributed by atoms with Crippen molar-refractivity contribution < 1.29 is 29.4 Å². The molecule has 9 N–H and O–H groups in total. The molecule has 4 atom stereocenters. The number of nitrogens with two attached hydrogens (primary N) is 1. The number of aliphatic carboxylic acids is 1. The second kappa shape index (κ2) is 16.1. The number of carbonyl (C=O) groups is 4. The van der Waals surface area contributed by atoms with Gasteiger partial charge in [0, 0.05) is 53.5 Å².